The van der Waals surface area contributed by atoms with Gasteiger partial charge in [-0.25, -0.2) is 0 Å². The highest BCUT2D eigenvalue weighted by molar-refractivity contribution is 5.09. The smallest absolute Gasteiger partial charge is 0.117 e. The number of furan rings is 1. The lowest BCUT2D eigenvalue weighted by Gasteiger charge is -2.31. The molecule has 2 aromatic heterocycles. The zero-order valence-corrected chi connectivity index (χ0v) is 12.3. The molecule has 1 saturated carbocycles. The fourth-order valence-electron chi connectivity index (χ4n) is 3.18. The Labute approximate surface area is 124 Å². The summed E-state index contributed by atoms with van der Waals surface area (Å²) in [6.07, 6.45) is 8.98. The Kier molecular flexibility index (Phi) is 3.51. The zero-order valence-electron chi connectivity index (χ0n) is 12.3. The van der Waals surface area contributed by atoms with E-state index >= 15 is 0 Å². The summed E-state index contributed by atoms with van der Waals surface area (Å²) < 4.78 is 7.48. The van der Waals surface area contributed by atoms with E-state index in [4.69, 9.17) is 4.42 Å². The van der Waals surface area contributed by atoms with Gasteiger partial charge in [0.25, 0.3) is 0 Å². The quantitative estimate of drug-likeness (QED) is 0.848. The van der Waals surface area contributed by atoms with Gasteiger partial charge in [0.1, 0.15) is 5.76 Å². The molecule has 2 aliphatic rings. The van der Waals surface area contributed by atoms with E-state index in [1.165, 1.54) is 31.4 Å². The van der Waals surface area contributed by atoms with E-state index in [0.29, 0.717) is 5.92 Å². The molecule has 2 aromatic rings. The second kappa shape index (κ2) is 5.64. The van der Waals surface area contributed by atoms with Gasteiger partial charge in [-0.1, -0.05) is 5.21 Å². The lowest BCUT2D eigenvalue weighted by molar-refractivity contribution is 0.155. The maximum atomic E-state index is 5.43. The van der Waals surface area contributed by atoms with E-state index in [0.717, 1.165) is 37.9 Å². The molecule has 0 unspecified atom stereocenters. The molecule has 0 radical (unpaired) electrons. The second-order valence-electron chi connectivity index (χ2n) is 6.44. The standard InChI is InChI=1S/C16H22N4O/c1-2-15(21-9-1)11-19-7-5-13(6-8-19)10-20-12-16(17-18-20)14-3-4-14/h1-2,9,12-14H,3-8,10-11H2. The Hall–Kier alpha value is -1.62. The largest absolute Gasteiger partial charge is 0.468 e. The average molecular weight is 286 g/mol. The number of piperidine rings is 1. The molecule has 5 nitrogen and oxygen atoms in total. The Balaban J connectivity index is 1.26. The van der Waals surface area contributed by atoms with Crippen molar-refractivity contribution in [2.45, 2.75) is 44.7 Å². The molecule has 5 heteroatoms. The van der Waals surface area contributed by atoms with Gasteiger partial charge >= 0.3 is 0 Å². The van der Waals surface area contributed by atoms with E-state index in [2.05, 4.69) is 32.2 Å². The molecule has 112 valence electrons. The molecule has 2 fully saturated rings. The van der Waals surface area contributed by atoms with Crippen molar-refractivity contribution in [2.24, 2.45) is 5.92 Å². The monoisotopic (exact) mass is 286 g/mol. The van der Waals surface area contributed by atoms with Gasteiger partial charge in [-0.15, -0.1) is 5.10 Å². The van der Waals surface area contributed by atoms with Gasteiger partial charge in [0.2, 0.25) is 0 Å². The average Bonchev–Trinajstić information content (AvgIpc) is 3.03. The molecule has 1 aliphatic heterocycles. The molecule has 0 amide bonds. The summed E-state index contributed by atoms with van der Waals surface area (Å²) in [4.78, 5) is 2.48. The van der Waals surface area contributed by atoms with Crippen LogP contribution in [0.4, 0.5) is 0 Å². The van der Waals surface area contributed by atoms with Gasteiger partial charge in [-0.3, -0.25) is 9.58 Å². The predicted octanol–water partition coefficient (Wildman–Crippen LogP) is 2.66. The first-order valence-corrected chi connectivity index (χ1v) is 8.01. The van der Waals surface area contributed by atoms with Crippen LogP contribution in [0.2, 0.25) is 0 Å². The zero-order chi connectivity index (χ0) is 14.1. The molecule has 4 rings (SSSR count). The number of likely N-dealkylation sites (tertiary alicyclic amines) is 1. The lowest BCUT2D eigenvalue weighted by Crippen LogP contribution is -2.34. The fraction of sp³-hybridized carbons (Fsp3) is 0.625. The third-order valence-corrected chi connectivity index (χ3v) is 4.66. The van der Waals surface area contributed by atoms with Gasteiger partial charge < -0.3 is 4.42 Å². The third kappa shape index (κ3) is 3.18. The van der Waals surface area contributed by atoms with Crippen LogP contribution >= 0.6 is 0 Å². The van der Waals surface area contributed by atoms with Gasteiger partial charge in [-0.05, 0) is 56.8 Å². The van der Waals surface area contributed by atoms with Gasteiger partial charge in [-0.2, -0.15) is 0 Å². The van der Waals surface area contributed by atoms with Crippen molar-refractivity contribution >= 4 is 0 Å². The molecule has 0 bridgehead atoms. The number of hydrogen-bond donors (Lipinski definition) is 0. The molecule has 0 N–H and O–H groups in total. The Morgan fingerprint density at radius 2 is 2.05 bits per heavy atom. The second-order valence-corrected chi connectivity index (χ2v) is 6.44. The maximum Gasteiger partial charge on any atom is 0.117 e. The lowest BCUT2D eigenvalue weighted by atomic mass is 9.97. The van der Waals surface area contributed by atoms with Crippen molar-refractivity contribution in [1.82, 2.24) is 19.9 Å². The third-order valence-electron chi connectivity index (χ3n) is 4.66. The summed E-state index contributed by atoms with van der Waals surface area (Å²) in [7, 11) is 0. The van der Waals surface area contributed by atoms with Crippen LogP contribution in [0.1, 0.15) is 43.1 Å². The van der Waals surface area contributed by atoms with Crippen LogP contribution in [0.3, 0.4) is 0 Å². The van der Waals surface area contributed by atoms with Crippen molar-refractivity contribution in [3.05, 3.63) is 36.0 Å². The SMILES string of the molecule is c1coc(CN2CCC(Cn3cc(C4CC4)nn3)CC2)c1. The van der Waals surface area contributed by atoms with Crippen LogP contribution < -0.4 is 0 Å². The van der Waals surface area contributed by atoms with Crippen molar-refractivity contribution in [3.63, 3.8) is 0 Å². The minimum absolute atomic E-state index is 0.703. The molecule has 0 aromatic carbocycles. The van der Waals surface area contributed by atoms with Crippen molar-refractivity contribution < 1.29 is 4.42 Å². The van der Waals surface area contributed by atoms with Crippen LogP contribution in [-0.4, -0.2) is 33.0 Å². The summed E-state index contributed by atoms with van der Waals surface area (Å²) in [6, 6.07) is 4.02. The van der Waals surface area contributed by atoms with Crippen LogP contribution in [-0.2, 0) is 13.1 Å². The van der Waals surface area contributed by atoms with E-state index in [1.54, 1.807) is 6.26 Å². The molecule has 1 aliphatic carbocycles. The van der Waals surface area contributed by atoms with E-state index < -0.39 is 0 Å². The van der Waals surface area contributed by atoms with E-state index in [9.17, 15) is 0 Å². The Morgan fingerprint density at radius 3 is 2.76 bits per heavy atom. The summed E-state index contributed by atoms with van der Waals surface area (Å²) in [5, 5.41) is 8.59. The molecular formula is C16H22N4O. The number of nitrogens with zero attached hydrogens (tertiary/aromatic N) is 4. The fourth-order valence-corrected chi connectivity index (χ4v) is 3.18. The molecule has 0 spiro atoms. The predicted molar refractivity (Wildman–Crippen MR) is 78.7 cm³/mol. The summed E-state index contributed by atoms with van der Waals surface area (Å²) in [5.74, 6) is 2.50. The van der Waals surface area contributed by atoms with Crippen LogP contribution in [0.15, 0.2) is 29.0 Å². The first-order chi connectivity index (χ1) is 10.4. The molecule has 21 heavy (non-hydrogen) atoms. The first-order valence-electron chi connectivity index (χ1n) is 8.01. The molecule has 1 saturated heterocycles. The van der Waals surface area contributed by atoms with Crippen molar-refractivity contribution in [1.29, 1.82) is 0 Å². The maximum absolute atomic E-state index is 5.43. The van der Waals surface area contributed by atoms with Crippen LogP contribution in [0, 0.1) is 5.92 Å². The van der Waals surface area contributed by atoms with Crippen molar-refractivity contribution in [2.75, 3.05) is 13.1 Å². The highest BCUT2D eigenvalue weighted by Gasteiger charge is 2.27. The number of hydrogen-bond acceptors (Lipinski definition) is 4. The van der Waals surface area contributed by atoms with Crippen LogP contribution in [0.5, 0.6) is 0 Å². The highest BCUT2D eigenvalue weighted by atomic mass is 16.3. The summed E-state index contributed by atoms with van der Waals surface area (Å²) in [6.45, 7) is 4.26. The highest BCUT2D eigenvalue weighted by Crippen LogP contribution is 2.38. The minimum Gasteiger partial charge on any atom is -0.468 e. The van der Waals surface area contributed by atoms with E-state index in [-0.39, 0.29) is 0 Å². The van der Waals surface area contributed by atoms with Gasteiger partial charge in [0.15, 0.2) is 0 Å². The minimum atomic E-state index is 0.703. The van der Waals surface area contributed by atoms with Crippen molar-refractivity contribution in [3.8, 4) is 0 Å². The summed E-state index contributed by atoms with van der Waals surface area (Å²) in [5.41, 5.74) is 1.20. The first kappa shape index (κ1) is 13.1. The molecule has 3 heterocycles. The van der Waals surface area contributed by atoms with Crippen LogP contribution in [0.25, 0.3) is 0 Å². The topological polar surface area (TPSA) is 47.1 Å². The van der Waals surface area contributed by atoms with E-state index in [1.807, 2.05) is 6.07 Å². The molecular weight excluding hydrogens is 264 g/mol. The molecule has 0 atom stereocenters. The normalized spacial score (nSPS) is 21.0. The number of rotatable bonds is 5. The Morgan fingerprint density at radius 1 is 1.19 bits per heavy atom. The Bertz CT molecular complexity index is 565. The van der Waals surface area contributed by atoms with Gasteiger partial charge in [0, 0.05) is 18.7 Å². The number of aromatic nitrogens is 3. The summed E-state index contributed by atoms with van der Waals surface area (Å²) >= 11 is 0. The van der Waals surface area contributed by atoms with Gasteiger partial charge in [0.05, 0.1) is 18.5 Å².